The summed E-state index contributed by atoms with van der Waals surface area (Å²) in [6.45, 7) is 0.137. The van der Waals surface area contributed by atoms with Crippen molar-refractivity contribution in [2.24, 2.45) is 0 Å². The second-order valence-electron chi connectivity index (χ2n) is 4.13. The summed E-state index contributed by atoms with van der Waals surface area (Å²) in [4.78, 5) is 13.9. The van der Waals surface area contributed by atoms with E-state index in [9.17, 15) is 13.2 Å². The van der Waals surface area contributed by atoms with Gasteiger partial charge in [0, 0.05) is 37.5 Å². The summed E-state index contributed by atoms with van der Waals surface area (Å²) in [7, 11) is -3.80. The maximum atomic E-state index is 12.3. The average Bonchev–Trinajstić information content (AvgIpc) is 3.14. The van der Waals surface area contributed by atoms with Crippen LogP contribution in [0.25, 0.3) is 0 Å². The molecule has 1 N–H and O–H groups in total. The van der Waals surface area contributed by atoms with Crippen LogP contribution in [0.5, 0.6) is 0 Å². The Kier molecular flexibility index (Phi) is 3.50. The summed E-state index contributed by atoms with van der Waals surface area (Å²) in [5.41, 5.74) is -0.531. The molecule has 1 fully saturated rings. The van der Waals surface area contributed by atoms with E-state index in [1.807, 2.05) is 6.07 Å². The molecule has 1 saturated carbocycles. The molecule has 2 rings (SSSR count). The molecule has 0 bridgehead atoms. The van der Waals surface area contributed by atoms with E-state index in [0.29, 0.717) is 0 Å². The second kappa shape index (κ2) is 4.92. The van der Waals surface area contributed by atoms with Crippen molar-refractivity contribution >= 4 is 10.0 Å². The first-order valence-electron chi connectivity index (χ1n) is 5.63. The molecule has 96 valence electrons. The molecule has 0 saturated heterocycles. The van der Waals surface area contributed by atoms with Crippen LogP contribution in [0.2, 0.25) is 0 Å². The Labute approximate surface area is 105 Å². The van der Waals surface area contributed by atoms with Crippen LogP contribution in [0.4, 0.5) is 0 Å². The van der Waals surface area contributed by atoms with Gasteiger partial charge in [0.2, 0.25) is 15.5 Å². The highest BCUT2D eigenvalue weighted by Crippen LogP contribution is 2.31. The standard InChI is InChI=1S/C11H13N3O3S/c12-5-1-7-14(9-2-3-9)18(16,17)11-8-13-6-4-10(11)15/h4,6,8-9H,1-3,7H2,(H,13,15). The van der Waals surface area contributed by atoms with E-state index in [0.717, 1.165) is 12.8 Å². The predicted molar refractivity (Wildman–Crippen MR) is 64.2 cm³/mol. The first-order valence-corrected chi connectivity index (χ1v) is 7.07. The minimum atomic E-state index is -3.80. The Morgan fingerprint density at radius 1 is 1.50 bits per heavy atom. The van der Waals surface area contributed by atoms with Gasteiger partial charge in [0.15, 0.2) is 0 Å². The molecule has 1 heterocycles. The van der Waals surface area contributed by atoms with Gasteiger partial charge in [0.1, 0.15) is 4.90 Å². The summed E-state index contributed by atoms with van der Waals surface area (Å²) < 4.78 is 25.9. The Balaban J connectivity index is 2.37. The van der Waals surface area contributed by atoms with E-state index in [4.69, 9.17) is 5.26 Å². The van der Waals surface area contributed by atoms with Gasteiger partial charge in [-0.2, -0.15) is 9.57 Å². The molecule has 6 nitrogen and oxygen atoms in total. The van der Waals surface area contributed by atoms with E-state index in [1.54, 1.807) is 0 Å². The topological polar surface area (TPSA) is 94.0 Å². The molecule has 0 radical (unpaired) electrons. The lowest BCUT2D eigenvalue weighted by molar-refractivity contribution is 0.410. The van der Waals surface area contributed by atoms with Crippen LogP contribution >= 0.6 is 0 Å². The van der Waals surface area contributed by atoms with Crippen molar-refractivity contribution in [3.05, 3.63) is 28.7 Å². The van der Waals surface area contributed by atoms with Gasteiger partial charge in [-0.25, -0.2) is 8.42 Å². The van der Waals surface area contributed by atoms with Gasteiger partial charge < -0.3 is 4.98 Å². The normalized spacial score (nSPS) is 15.6. The molecule has 1 aliphatic rings. The van der Waals surface area contributed by atoms with Crippen molar-refractivity contribution < 1.29 is 8.42 Å². The third kappa shape index (κ3) is 2.44. The van der Waals surface area contributed by atoms with Gasteiger partial charge in [-0.1, -0.05) is 0 Å². The summed E-state index contributed by atoms with van der Waals surface area (Å²) in [6, 6.07) is 3.04. The molecular weight excluding hydrogens is 254 g/mol. The number of hydrogen-bond donors (Lipinski definition) is 1. The summed E-state index contributed by atoms with van der Waals surface area (Å²) >= 11 is 0. The van der Waals surface area contributed by atoms with Crippen molar-refractivity contribution in [2.75, 3.05) is 6.54 Å². The van der Waals surface area contributed by atoms with Crippen LogP contribution in [0.1, 0.15) is 19.3 Å². The van der Waals surface area contributed by atoms with E-state index >= 15 is 0 Å². The number of rotatable bonds is 5. The quantitative estimate of drug-likeness (QED) is 0.837. The lowest BCUT2D eigenvalue weighted by Gasteiger charge is -2.19. The number of nitrogens with one attached hydrogen (secondary N) is 1. The van der Waals surface area contributed by atoms with E-state index in [2.05, 4.69) is 4.98 Å². The Morgan fingerprint density at radius 2 is 2.22 bits per heavy atom. The zero-order chi connectivity index (χ0) is 13.2. The summed E-state index contributed by atoms with van der Waals surface area (Å²) in [6.07, 6.45) is 4.28. The molecule has 1 aromatic heterocycles. The predicted octanol–water partition coefficient (Wildman–Crippen LogP) is 0.442. The minimum absolute atomic E-state index is 0.0667. The monoisotopic (exact) mass is 267 g/mol. The van der Waals surface area contributed by atoms with Gasteiger partial charge in [-0.15, -0.1) is 0 Å². The van der Waals surface area contributed by atoms with Gasteiger partial charge in [0.05, 0.1) is 6.07 Å². The summed E-state index contributed by atoms with van der Waals surface area (Å²) in [5.74, 6) is 0. The molecule has 0 unspecified atom stereocenters. The van der Waals surface area contributed by atoms with E-state index < -0.39 is 15.5 Å². The van der Waals surface area contributed by atoms with E-state index in [-0.39, 0.29) is 23.9 Å². The smallest absolute Gasteiger partial charge is 0.248 e. The number of sulfonamides is 1. The first-order chi connectivity index (χ1) is 8.57. The number of aromatic amines is 1. The van der Waals surface area contributed by atoms with Crippen LogP contribution < -0.4 is 5.43 Å². The van der Waals surface area contributed by atoms with Crippen molar-refractivity contribution in [3.63, 3.8) is 0 Å². The highest BCUT2D eigenvalue weighted by atomic mass is 32.2. The van der Waals surface area contributed by atoms with Crippen LogP contribution in [-0.4, -0.2) is 30.3 Å². The van der Waals surface area contributed by atoms with Crippen LogP contribution in [-0.2, 0) is 10.0 Å². The molecule has 18 heavy (non-hydrogen) atoms. The number of hydrogen-bond acceptors (Lipinski definition) is 4. The summed E-state index contributed by atoms with van der Waals surface area (Å²) in [5, 5.41) is 8.57. The van der Waals surface area contributed by atoms with Crippen LogP contribution in [0.15, 0.2) is 28.2 Å². The molecule has 0 spiro atoms. The van der Waals surface area contributed by atoms with Gasteiger partial charge in [-0.05, 0) is 12.8 Å². The third-order valence-electron chi connectivity index (χ3n) is 2.77. The lowest BCUT2D eigenvalue weighted by atomic mass is 10.4. The van der Waals surface area contributed by atoms with Gasteiger partial charge in [-0.3, -0.25) is 4.79 Å². The molecule has 7 heteroatoms. The fourth-order valence-electron chi connectivity index (χ4n) is 1.75. The number of aromatic nitrogens is 1. The number of nitrogens with zero attached hydrogens (tertiary/aromatic N) is 2. The average molecular weight is 267 g/mol. The SMILES string of the molecule is N#CCCN(C1CC1)S(=O)(=O)c1c[nH]ccc1=O. The highest BCUT2D eigenvalue weighted by molar-refractivity contribution is 7.89. The third-order valence-corrected chi connectivity index (χ3v) is 4.75. The maximum Gasteiger partial charge on any atom is 0.248 e. The lowest BCUT2D eigenvalue weighted by Crippen LogP contribution is -2.36. The van der Waals surface area contributed by atoms with Gasteiger partial charge >= 0.3 is 0 Å². The van der Waals surface area contributed by atoms with E-state index in [1.165, 1.54) is 22.8 Å². The molecule has 0 amide bonds. The minimum Gasteiger partial charge on any atom is -0.366 e. The van der Waals surface area contributed by atoms with Crippen molar-refractivity contribution in [1.29, 1.82) is 5.26 Å². The zero-order valence-electron chi connectivity index (χ0n) is 9.67. The van der Waals surface area contributed by atoms with Crippen molar-refractivity contribution in [1.82, 2.24) is 9.29 Å². The molecule has 1 aromatic rings. The number of H-pyrrole nitrogens is 1. The molecule has 0 atom stereocenters. The fourth-order valence-corrected chi connectivity index (χ4v) is 3.48. The Bertz CT molecular complexity index is 625. The Hall–Kier alpha value is -1.65. The second-order valence-corrected chi connectivity index (χ2v) is 5.99. The first kappa shape index (κ1) is 12.8. The fraction of sp³-hybridized carbons (Fsp3) is 0.455. The highest BCUT2D eigenvalue weighted by Gasteiger charge is 2.38. The van der Waals surface area contributed by atoms with Crippen LogP contribution in [0, 0.1) is 11.3 Å². The molecular formula is C11H13N3O3S. The van der Waals surface area contributed by atoms with Crippen LogP contribution in [0.3, 0.4) is 0 Å². The molecule has 0 aliphatic heterocycles. The van der Waals surface area contributed by atoms with Gasteiger partial charge in [0.25, 0.3) is 0 Å². The Morgan fingerprint density at radius 3 is 2.78 bits per heavy atom. The van der Waals surface area contributed by atoms with Crippen molar-refractivity contribution in [3.8, 4) is 6.07 Å². The molecule has 1 aliphatic carbocycles. The zero-order valence-corrected chi connectivity index (χ0v) is 10.5. The maximum absolute atomic E-state index is 12.3. The largest absolute Gasteiger partial charge is 0.366 e. The number of pyridine rings is 1. The number of nitriles is 1. The molecule has 0 aromatic carbocycles. The van der Waals surface area contributed by atoms with Crippen molar-refractivity contribution in [2.45, 2.75) is 30.2 Å².